The zero-order chi connectivity index (χ0) is 20.7. The largest absolute Gasteiger partial charge is 0.506 e. The minimum atomic E-state index is -1.17. The molecule has 1 aliphatic rings. The fourth-order valence-corrected chi connectivity index (χ4v) is 3.46. The van der Waals surface area contributed by atoms with Gasteiger partial charge in [-0.1, -0.05) is 11.6 Å². The maximum Gasteiger partial charge on any atom is 0.167 e. The second kappa shape index (κ2) is 7.73. The predicted molar refractivity (Wildman–Crippen MR) is 104 cm³/mol. The average molecular weight is 422 g/mol. The lowest BCUT2D eigenvalue weighted by atomic mass is 10.1. The number of aromatic nitrogens is 4. The average Bonchev–Trinajstić information content (AvgIpc) is 3.21. The summed E-state index contributed by atoms with van der Waals surface area (Å²) in [5.74, 6) is 0.865. The molecule has 0 spiro atoms. The number of nitrogens with one attached hydrogen (secondary N) is 1. The second-order valence-corrected chi connectivity index (χ2v) is 7.14. The molecule has 0 amide bonds. The summed E-state index contributed by atoms with van der Waals surface area (Å²) >= 11 is 5.97. The Balaban J connectivity index is 1.71. The highest BCUT2D eigenvalue weighted by molar-refractivity contribution is 6.32. The minimum absolute atomic E-state index is 0.0259. The lowest BCUT2D eigenvalue weighted by Crippen LogP contribution is -2.33. The number of hydrogen-bond acceptors (Lipinski definition) is 9. The lowest BCUT2D eigenvalue weighted by molar-refractivity contribution is -0.0580. The highest BCUT2D eigenvalue weighted by Crippen LogP contribution is 2.34. The summed E-state index contributed by atoms with van der Waals surface area (Å²) in [5.41, 5.74) is 1.48. The standard InChI is InChI=1S/C18H20ClN5O5/c1-8-21-16(23-9-3-4-11(25)10(19)5-9)13-17(22-8)24(7-20-13)18-15(27)14(26)12(29-18)6-28-2/h3-5,7,12,14-15,18,25-27H,6H2,1-2H3,(H,21,22,23)/t12-,14?,15?,18-/m1/s1. The summed E-state index contributed by atoms with van der Waals surface area (Å²) in [7, 11) is 1.49. The van der Waals surface area contributed by atoms with Crippen molar-refractivity contribution in [2.75, 3.05) is 19.0 Å². The molecule has 1 aliphatic heterocycles. The molecule has 0 bridgehead atoms. The van der Waals surface area contributed by atoms with Crippen molar-refractivity contribution in [3.05, 3.63) is 35.4 Å². The number of phenolic OH excluding ortho intramolecular Hbond substituents is 1. The SMILES string of the molecule is COC[C@H]1O[C@@H](n2cnc3c(Nc4ccc(O)c(Cl)c4)nc(C)nc32)C(O)C1O. The van der Waals surface area contributed by atoms with Crippen LogP contribution in [-0.4, -0.2) is 66.9 Å². The number of rotatable bonds is 5. The van der Waals surface area contributed by atoms with Gasteiger partial charge in [0.05, 0.1) is 18.0 Å². The molecule has 1 aromatic carbocycles. The van der Waals surface area contributed by atoms with E-state index in [1.807, 2.05) is 0 Å². The molecule has 0 radical (unpaired) electrons. The van der Waals surface area contributed by atoms with Gasteiger partial charge in [0.2, 0.25) is 0 Å². The third kappa shape index (κ3) is 3.61. The molecule has 1 saturated heterocycles. The van der Waals surface area contributed by atoms with Gasteiger partial charge in [0.15, 0.2) is 23.2 Å². The fraction of sp³-hybridized carbons (Fsp3) is 0.389. The third-order valence-corrected chi connectivity index (χ3v) is 4.99. The number of aromatic hydroxyl groups is 1. The number of anilines is 2. The Morgan fingerprint density at radius 2 is 2.07 bits per heavy atom. The number of methoxy groups -OCH3 is 1. The molecular weight excluding hydrogens is 402 g/mol. The molecule has 11 heteroatoms. The van der Waals surface area contributed by atoms with Crippen LogP contribution in [0, 0.1) is 6.92 Å². The van der Waals surface area contributed by atoms with Crippen molar-refractivity contribution < 1.29 is 24.8 Å². The van der Waals surface area contributed by atoms with Gasteiger partial charge in [0, 0.05) is 12.8 Å². The van der Waals surface area contributed by atoms with E-state index in [0.29, 0.717) is 28.5 Å². The van der Waals surface area contributed by atoms with Gasteiger partial charge in [-0.15, -0.1) is 0 Å². The Morgan fingerprint density at radius 3 is 2.79 bits per heavy atom. The second-order valence-electron chi connectivity index (χ2n) is 6.74. The van der Waals surface area contributed by atoms with Crippen LogP contribution in [0.4, 0.5) is 11.5 Å². The van der Waals surface area contributed by atoms with Gasteiger partial charge in [-0.3, -0.25) is 4.57 Å². The van der Waals surface area contributed by atoms with Crippen molar-refractivity contribution in [1.29, 1.82) is 0 Å². The highest BCUT2D eigenvalue weighted by Gasteiger charge is 2.44. The van der Waals surface area contributed by atoms with E-state index in [2.05, 4.69) is 20.3 Å². The van der Waals surface area contributed by atoms with E-state index >= 15 is 0 Å². The summed E-state index contributed by atoms with van der Waals surface area (Å²) in [5, 5.41) is 33.6. The number of aryl methyl sites for hydroxylation is 1. The zero-order valence-corrected chi connectivity index (χ0v) is 16.4. The van der Waals surface area contributed by atoms with Crippen LogP contribution in [0.15, 0.2) is 24.5 Å². The van der Waals surface area contributed by atoms with E-state index in [0.717, 1.165) is 0 Å². The summed E-state index contributed by atoms with van der Waals surface area (Å²) < 4.78 is 12.4. The number of fused-ring (bicyclic) bond motifs is 1. The van der Waals surface area contributed by atoms with Crippen molar-refractivity contribution in [1.82, 2.24) is 19.5 Å². The van der Waals surface area contributed by atoms with E-state index < -0.39 is 24.5 Å². The molecular formula is C18H20ClN5O5. The Morgan fingerprint density at radius 1 is 1.28 bits per heavy atom. The van der Waals surface area contributed by atoms with E-state index in [9.17, 15) is 15.3 Å². The molecule has 10 nitrogen and oxygen atoms in total. The van der Waals surface area contributed by atoms with Gasteiger partial charge in [-0.25, -0.2) is 15.0 Å². The highest BCUT2D eigenvalue weighted by atomic mass is 35.5. The third-order valence-electron chi connectivity index (χ3n) is 4.69. The number of halogens is 1. The van der Waals surface area contributed by atoms with Crippen molar-refractivity contribution in [2.24, 2.45) is 0 Å². The Hall–Kier alpha value is -2.50. The molecule has 29 heavy (non-hydrogen) atoms. The number of phenols is 1. The van der Waals surface area contributed by atoms with Crippen LogP contribution in [0.3, 0.4) is 0 Å². The van der Waals surface area contributed by atoms with Gasteiger partial charge >= 0.3 is 0 Å². The first-order chi connectivity index (χ1) is 13.9. The number of aliphatic hydroxyl groups excluding tert-OH is 2. The molecule has 1 fully saturated rings. The molecule has 3 aromatic rings. The smallest absolute Gasteiger partial charge is 0.167 e. The van der Waals surface area contributed by atoms with E-state index in [-0.39, 0.29) is 17.4 Å². The van der Waals surface area contributed by atoms with Crippen LogP contribution < -0.4 is 5.32 Å². The normalized spacial score (nSPS) is 24.3. The van der Waals surface area contributed by atoms with Gasteiger partial charge in [0.25, 0.3) is 0 Å². The molecule has 0 aliphatic carbocycles. The molecule has 4 atom stereocenters. The van der Waals surface area contributed by atoms with Crippen molar-refractivity contribution >= 4 is 34.3 Å². The molecule has 3 heterocycles. The number of imidazole rings is 1. The quantitative estimate of drug-likeness (QED) is 0.452. The van der Waals surface area contributed by atoms with Gasteiger partial charge in [-0.2, -0.15) is 0 Å². The molecule has 2 aromatic heterocycles. The van der Waals surface area contributed by atoms with Crippen LogP contribution in [-0.2, 0) is 9.47 Å². The molecule has 154 valence electrons. The number of aliphatic hydroxyl groups is 2. The summed E-state index contributed by atoms with van der Waals surface area (Å²) in [6, 6.07) is 4.68. The minimum Gasteiger partial charge on any atom is -0.506 e. The van der Waals surface area contributed by atoms with Crippen LogP contribution in [0.2, 0.25) is 5.02 Å². The molecule has 2 unspecified atom stereocenters. The number of nitrogens with zero attached hydrogens (tertiary/aromatic N) is 4. The molecule has 0 saturated carbocycles. The Bertz CT molecular complexity index is 1040. The van der Waals surface area contributed by atoms with Crippen molar-refractivity contribution in [2.45, 2.75) is 31.5 Å². The predicted octanol–water partition coefficient (Wildman–Crippen LogP) is 1.50. The van der Waals surface area contributed by atoms with Gasteiger partial charge in [0.1, 0.15) is 29.9 Å². The van der Waals surface area contributed by atoms with Crippen LogP contribution in [0.25, 0.3) is 11.2 Å². The maximum atomic E-state index is 10.4. The number of benzene rings is 1. The lowest BCUT2D eigenvalue weighted by Gasteiger charge is -2.17. The first-order valence-corrected chi connectivity index (χ1v) is 9.24. The van der Waals surface area contributed by atoms with Crippen LogP contribution in [0.5, 0.6) is 5.75 Å². The summed E-state index contributed by atoms with van der Waals surface area (Å²) in [6.07, 6.45) is -2.34. The van der Waals surface area contributed by atoms with E-state index in [4.69, 9.17) is 21.1 Å². The molecule has 4 N–H and O–H groups in total. The van der Waals surface area contributed by atoms with Crippen molar-refractivity contribution in [3.63, 3.8) is 0 Å². The monoisotopic (exact) mass is 421 g/mol. The fourth-order valence-electron chi connectivity index (χ4n) is 3.28. The maximum absolute atomic E-state index is 10.4. The zero-order valence-electron chi connectivity index (χ0n) is 15.7. The van der Waals surface area contributed by atoms with Crippen LogP contribution >= 0.6 is 11.6 Å². The van der Waals surface area contributed by atoms with Crippen LogP contribution in [0.1, 0.15) is 12.1 Å². The van der Waals surface area contributed by atoms with Gasteiger partial charge in [-0.05, 0) is 25.1 Å². The Kier molecular flexibility index (Phi) is 5.28. The first kappa shape index (κ1) is 19.8. The molecule has 4 rings (SSSR count). The van der Waals surface area contributed by atoms with E-state index in [1.54, 1.807) is 23.6 Å². The first-order valence-electron chi connectivity index (χ1n) is 8.86. The summed E-state index contributed by atoms with van der Waals surface area (Å²) in [4.78, 5) is 13.2. The Labute approximate surface area is 170 Å². The van der Waals surface area contributed by atoms with E-state index in [1.165, 1.54) is 19.5 Å². The topological polar surface area (TPSA) is 135 Å². The van der Waals surface area contributed by atoms with Gasteiger partial charge < -0.3 is 30.1 Å². The summed E-state index contributed by atoms with van der Waals surface area (Å²) in [6.45, 7) is 1.87. The van der Waals surface area contributed by atoms with Crippen molar-refractivity contribution in [3.8, 4) is 5.75 Å². The number of ether oxygens (including phenoxy) is 2. The number of hydrogen-bond donors (Lipinski definition) is 4.